The monoisotopic (exact) mass is 372 g/mol. The van der Waals surface area contributed by atoms with Gasteiger partial charge in [-0.15, -0.1) is 0 Å². The summed E-state index contributed by atoms with van der Waals surface area (Å²) >= 11 is 5.91. The molecule has 132 valence electrons. The van der Waals surface area contributed by atoms with E-state index in [0.29, 0.717) is 5.56 Å². The van der Waals surface area contributed by atoms with Gasteiger partial charge in [-0.1, -0.05) is 29.8 Å². The van der Waals surface area contributed by atoms with Crippen LogP contribution in [-0.4, -0.2) is 27.8 Å². The highest BCUT2D eigenvalue weighted by atomic mass is 35.5. The number of halogens is 1. The third kappa shape index (κ3) is 3.29. The summed E-state index contributed by atoms with van der Waals surface area (Å²) < 4.78 is 5.20. The predicted octanol–water partition coefficient (Wildman–Crippen LogP) is 4.16. The highest BCUT2D eigenvalue weighted by Gasteiger charge is 2.24. The fraction of sp³-hybridized carbons (Fsp3) is 0.111. The van der Waals surface area contributed by atoms with Crippen molar-refractivity contribution in [2.45, 2.75) is 13.0 Å². The molecule has 2 aromatic carbocycles. The fourth-order valence-electron chi connectivity index (χ4n) is 2.56. The van der Waals surface area contributed by atoms with E-state index in [2.05, 4.69) is 4.98 Å². The van der Waals surface area contributed by atoms with Gasteiger partial charge in [0.2, 0.25) is 5.78 Å². The molecule has 3 aromatic rings. The van der Waals surface area contributed by atoms with E-state index in [1.54, 1.807) is 18.3 Å². The zero-order valence-corrected chi connectivity index (χ0v) is 14.3. The van der Waals surface area contributed by atoms with Gasteiger partial charge < -0.3 is 9.72 Å². The molecule has 0 amide bonds. The highest BCUT2D eigenvalue weighted by Crippen LogP contribution is 2.24. The molecule has 0 bridgehead atoms. The Labute approximate surface area is 152 Å². The normalized spacial score (nSPS) is 11.9. The van der Waals surface area contributed by atoms with Gasteiger partial charge in [0, 0.05) is 34.8 Å². The second kappa shape index (κ2) is 6.97. The van der Waals surface area contributed by atoms with Gasteiger partial charge in [-0.2, -0.15) is 0 Å². The molecule has 0 aliphatic carbocycles. The number of ketones is 1. The zero-order chi connectivity index (χ0) is 18.8. The topological polar surface area (TPSA) is 102 Å². The molecule has 1 aromatic heterocycles. The van der Waals surface area contributed by atoms with Gasteiger partial charge in [0.1, 0.15) is 0 Å². The van der Waals surface area contributed by atoms with Crippen LogP contribution in [-0.2, 0) is 4.74 Å². The van der Waals surface area contributed by atoms with Gasteiger partial charge in [-0.3, -0.25) is 14.9 Å². The maximum atomic E-state index is 12.6. The molecule has 8 heteroatoms. The first-order chi connectivity index (χ1) is 12.4. The summed E-state index contributed by atoms with van der Waals surface area (Å²) in [7, 11) is 0. The van der Waals surface area contributed by atoms with Crippen molar-refractivity contribution in [2.75, 3.05) is 0 Å². The van der Waals surface area contributed by atoms with Crippen molar-refractivity contribution in [3.8, 4) is 0 Å². The summed E-state index contributed by atoms with van der Waals surface area (Å²) in [6, 6.07) is 10.7. The number of hydrogen-bond donors (Lipinski definition) is 1. The Morgan fingerprint density at radius 2 is 1.92 bits per heavy atom. The number of benzene rings is 2. The lowest BCUT2D eigenvalue weighted by molar-refractivity contribution is -0.384. The van der Waals surface area contributed by atoms with Gasteiger partial charge in [-0.25, -0.2) is 4.79 Å². The van der Waals surface area contributed by atoms with Crippen molar-refractivity contribution < 1.29 is 19.2 Å². The van der Waals surface area contributed by atoms with Gasteiger partial charge in [0.15, 0.2) is 6.10 Å². The van der Waals surface area contributed by atoms with E-state index in [9.17, 15) is 19.7 Å². The van der Waals surface area contributed by atoms with E-state index in [1.807, 2.05) is 12.1 Å². The molecule has 0 aliphatic rings. The first kappa shape index (κ1) is 17.6. The number of hydrogen-bond acceptors (Lipinski definition) is 5. The molecular formula is C18H13ClN2O5. The minimum atomic E-state index is -1.05. The summed E-state index contributed by atoms with van der Waals surface area (Å²) in [4.78, 5) is 37.9. The van der Waals surface area contributed by atoms with Crippen LogP contribution in [0, 0.1) is 10.1 Å². The maximum Gasteiger partial charge on any atom is 0.340 e. The number of para-hydroxylation sites is 1. The molecular weight excluding hydrogens is 360 g/mol. The minimum absolute atomic E-state index is 0.0455. The fourth-order valence-corrected chi connectivity index (χ4v) is 2.81. The predicted molar refractivity (Wildman–Crippen MR) is 95.6 cm³/mol. The molecule has 0 radical (unpaired) electrons. The number of nitro groups is 1. The number of aromatic nitrogens is 1. The summed E-state index contributed by atoms with van der Waals surface area (Å²) in [5.41, 5.74) is 0.925. The van der Waals surface area contributed by atoms with Crippen molar-refractivity contribution in [3.63, 3.8) is 0 Å². The van der Waals surface area contributed by atoms with Crippen molar-refractivity contribution in [1.29, 1.82) is 0 Å². The van der Waals surface area contributed by atoms with Crippen molar-refractivity contribution in [2.24, 2.45) is 0 Å². The first-order valence-corrected chi connectivity index (χ1v) is 8.01. The zero-order valence-electron chi connectivity index (χ0n) is 13.6. The minimum Gasteiger partial charge on any atom is -0.451 e. The van der Waals surface area contributed by atoms with E-state index >= 15 is 0 Å². The molecule has 0 saturated carbocycles. The Bertz CT molecular complexity index is 1030. The Morgan fingerprint density at radius 3 is 2.62 bits per heavy atom. The van der Waals surface area contributed by atoms with Crippen LogP contribution in [0.3, 0.4) is 0 Å². The molecule has 0 fully saturated rings. The van der Waals surface area contributed by atoms with Crippen LogP contribution in [0.5, 0.6) is 0 Å². The number of H-pyrrole nitrogens is 1. The van der Waals surface area contributed by atoms with Crippen molar-refractivity contribution in [1.82, 2.24) is 4.98 Å². The average Bonchev–Trinajstić information content (AvgIpc) is 3.04. The molecule has 3 rings (SSSR count). The lowest BCUT2D eigenvalue weighted by Gasteiger charge is -2.12. The Morgan fingerprint density at radius 1 is 1.19 bits per heavy atom. The summed E-state index contributed by atoms with van der Waals surface area (Å²) in [6.07, 6.45) is 0.517. The van der Waals surface area contributed by atoms with E-state index in [-0.39, 0.29) is 22.1 Å². The van der Waals surface area contributed by atoms with Crippen LogP contribution in [0.25, 0.3) is 10.9 Å². The number of carbonyl (C=O) groups excluding carboxylic acids is 2. The molecule has 7 nitrogen and oxygen atoms in total. The van der Waals surface area contributed by atoms with Gasteiger partial charge >= 0.3 is 5.97 Å². The third-order valence-corrected chi connectivity index (χ3v) is 4.20. The highest BCUT2D eigenvalue weighted by molar-refractivity contribution is 6.33. The van der Waals surface area contributed by atoms with Crippen LogP contribution in [0.2, 0.25) is 5.02 Å². The number of Topliss-reactive ketones (excluding diaryl/α,β-unsaturated/α-hetero) is 1. The van der Waals surface area contributed by atoms with Gasteiger partial charge in [0.05, 0.1) is 15.5 Å². The molecule has 0 unspecified atom stereocenters. The van der Waals surface area contributed by atoms with Gasteiger partial charge in [0.25, 0.3) is 5.69 Å². The number of ether oxygens (including phenoxy) is 1. The van der Waals surface area contributed by atoms with E-state index < -0.39 is 17.0 Å². The maximum absolute atomic E-state index is 12.6. The lowest BCUT2D eigenvalue weighted by Crippen LogP contribution is -2.24. The number of rotatable bonds is 5. The van der Waals surface area contributed by atoms with Crippen LogP contribution in [0.15, 0.2) is 48.7 Å². The Balaban J connectivity index is 1.79. The number of esters is 1. The number of nitrogens with zero attached hydrogens (tertiary/aromatic N) is 1. The van der Waals surface area contributed by atoms with Gasteiger partial charge in [-0.05, 0) is 19.1 Å². The summed E-state index contributed by atoms with van der Waals surface area (Å²) in [5.74, 6) is -1.19. The Kier molecular flexibility index (Phi) is 4.73. The number of nitro benzene ring substituents is 1. The molecule has 1 heterocycles. The van der Waals surface area contributed by atoms with E-state index in [4.69, 9.17) is 16.3 Å². The number of aromatic amines is 1. The van der Waals surface area contributed by atoms with Crippen molar-refractivity contribution >= 4 is 39.9 Å². The molecule has 0 aliphatic heterocycles. The largest absolute Gasteiger partial charge is 0.451 e. The second-order valence-electron chi connectivity index (χ2n) is 5.58. The number of non-ortho nitro benzene ring substituents is 1. The quantitative estimate of drug-likeness (QED) is 0.313. The van der Waals surface area contributed by atoms with Crippen LogP contribution in [0.1, 0.15) is 27.6 Å². The molecule has 1 N–H and O–H groups in total. The smallest absolute Gasteiger partial charge is 0.340 e. The molecule has 0 saturated heterocycles. The van der Waals surface area contributed by atoms with Crippen LogP contribution in [0.4, 0.5) is 5.69 Å². The lowest BCUT2D eigenvalue weighted by atomic mass is 10.1. The second-order valence-corrected chi connectivity index (χ2v) is 5.99. The van der Waals surface area contributed by atoms with E-state index in [0.717, 1.165) is 23.0 Å². The molecule has 0 spiro atoms. The standard InChI is InChI=1S/C18H13ClN2O5/c1-10(17(22)14-9-20-16-5-3-2-4-12(14)16)26-18(23)13-7-6-11(21(24)25)8-15(13)19/h2-10,20H,1H3/t10-/m0/s1. The van der Waals surface area contributed by atoms with Crippen LogP contribution < -0.4 is 0 Å². The number of nitrogens with one attached hydrogen (secondary N) is 1. The van der Waals surface area contributed by atoms with Crippen LogP contribution >= 0.6 is 11.6 Å². The molecule has 1 atom stereocenters. The Hall–Kier alpha value is -3.19. The summed E-state index contributed by atoms with van der Waals surface area (Å²) in [6.45, 7) is 1.46. The summed E-state index contributed by atoms with van der Waals surface area (Å²) in [5, 5.41) is 11.3. The average molecular weight is 373 g/mol. The SMILES string of the molecule is C[C@H](OC(=O)c1ccc([N+](=O)[O-])cc1Cl)C(=O)c1c[nH]c2ccccc12. The first-order valence-electron chi connectivity index (χ1n) is 7.63. The van der Waals surface area contributed by atoms with E-state index in [1.165, 1.54) is 13.0 Å². The molecule has 26 heavy (non-hydrogen) atoms. The third-order valence-electron chi connectivity index (χ3n) is 3.89. The number of carbonyl (C=O) groups is 2. The van der Waals surface area contributed by atoms with Crippen molar-refractivity contribution in [3.05, 3.63) is 74.9 Å². The number of fused-ring (bicyclic) bond motifs is 1.